The lowest BCUT2D eigenvalue weighted by molar-refractivity contribution is 0.318. The van der Waals surface area contributed by atoms with Crippen molar-refractivity contribution in [1.82, 2.24) is 5.32 Å². The zero-order valence-electron chi connectivity index (χ0n) is 11.0. The zero-order chi connectivity index (χ0) is 13.5. The summed E-state index contributed by atoms with van der Waals surface area (Å²) in [6.45, 7) is 1.42. The number of hydrogen-bond donors (Lipinski definition) is 1. The van der Waals surface area contributed by atoms with Crippen molar-refractivity contribution in [2.24, 2.45) is 0 Å². The first-order chi connectivity index (χ1) is 9.29. The van der Waals surface area contributed by atoms with Gasteiger partial charge in [-0.2, -0.15) is 0 Å². The van der Waals surface area contributed by atoms with Gasteiger partial charge in [0.2, 0.25) is 0 Å². The van der Waals surface area contributed by atoms with Gasteiger partial charge in [-0.1, -0.05) is 41.9 Å². The predicted octanol–water partition coefficient (Wildman–Crippen LogP) is 3.68. The van der Waals surface area contributed by atoms with Gasteiger partial charge < -0.3 is 10.1 Å². The number of ether oxygens (including phenoxy) is 1. The van der Waals surface area contributed by atoms with Crippen LogP contribution in [0.25, 0.3) is 0 Å². The second kappa shape index (κ2) is 7.17. The van der Waals surface area contributed by atoms with E-state index in [4.69, 9.17) is 16.3 Å². The van der Waals surface area contributed by atoms with Crippen molar-refractivity contribution in [2.75, 3.05) is 13.7 Å². The average molecular weight is 276 g/mol. The first-order valence-electron chi connectivity index (χ1n) is 6.39. The van der Waals surface area contributed by atoms with Gasteiger partial charge in [-0.15, -0.1) is 0 Å². The smallest absolute Gasteiger partial charge is 0.123 e. The molecule has 0 atom stereocenters. The Labute approximate surface area is 119 Å². The molecule has 1 N–H and O–H groups in total. The summed E-state index contributed by atoms with van der Waals surface area (Å²) in [4.78, 5) is 0. The lowest BCUT2D eigenvalue weighted by atomic mass is 10.1. The van der Waals surface area contributed by atoms with Crippen molar-refractivity contribution in [3.8, 4) is 5.75 Å². The Hall–Kier alpha value is -1.51. The number of rotatable bonds is 6. The molecular formula is C16H18ClNO. The van der Waals surface area contributed by atoms with Crippen LogP contribution in [-0.4, -0.2) is 13.7 Å². The van der Waals surface area contributed by atoms with Crippen LogP contribution in [-0.2, 0) is 13.0 Å². The molecule has 2 aromatic carbocycles. The van der Waals surface area contributed by atoms with Gasteiger partial charge in [0, 0.05) is 23.6 Å². The fraction of sp³-hybridized carbons (Fsp3) is 0.250. The highest BCUT2D eigenvalue weighted by molar-refractivity contribution is 6.30. The molecule has 0 aliphatic heterocycles. The van der Waals surface area contributed by atoms with Gasteiger partial charge in [-0.3, -0.25) is 0 Å². The molecule has 2 nitrogen and oxygen atoms in total. The molecule has 0 radical (unpaired) electrons. The molecule has 0 unspecified atom stereocenters. The van der Waals surface area contributed by atoms with Crippen LogP contribution >= 0.6 is 11.6 Å². The summed E-state index contributed by atoms with van der Waals surface area (Å²) in [5.41, 5.74) is 2.37. The van der Waals surface area contributed by atoms with Crippen molar-refractivity contribution >= 4 is 11.6 Å². The third-order valence-corrected chi connectivity index (χ3v) is 3.12. The van der Waals surface area contributed by atoms with Crippen LogP contribution in [0.4, 0.5) is 0 Å². The van der Waals surface area contributed by atoms with E-state index in [1.54, 1.807) is 0 Å². The Kier molecular flexibility index (Phi) is 5.25. The summed E-state index contributed by atoms with van der Waals surface area (Å²) in [5, 5.41) is 3.86. The molecule has 0 saturated carbocycles. The quantitative estimate of drug-likeness (QED) is 0.868. The van der Waals surface area contributed by atoms with E-state index in [2.05, 4.69) is 17.4 Å². The van der Waals surface area contributed by atoms with Gasteiger partial charge in [0.05, 0.1) is 6.61 Å². The Balaban J connectivity index is 1.95. The van der Waals surface area contributed by atoms with E-state index >= 15 is 0 Å². The molecule has 0 heterocycles. The van der Waals surface area contributed by atoms with Crippen LogP contribution in [0.5, 0.6) is 5.75 Å². The third-order valence-electron chi connectivity index (χ3n) is 2.88. The lowest BCUT2D eigenvalue weighted by Crippen LogP contribution is -2.09. The minimum absolute atomic E-state index is 0.669. The molecule has 0 aliphatic rings. The first-order valence-corrected chi connectivity index (χ1v) is 6.77. The molecule has 3 heteroatoms. The van der Waals surface area contributed by atoms with Crippen molar-refractivity contribution < 1.29 is 4.74 Å². The number of nitrogens with one attached hydrogen (secondary N) is 1. The van der Waals surface area contributed by atoms with Gasteiger partial charge >= 0.3 is 0 Å². The van der Waals surface area contributed by atoms with E-state index in [1.807, 2.05) is 43.4 Å². The van der Waals surface area contributed by atoms with Gasteiger partial charge in [-0.05, 0) is 30.8 Å². The van der Waals surface area contributed by atoms with Crippen LogP contribution in [0.1, 0.15) is 11.1 Å². The van der Waals surface area contributed by atoms with Crippen molar-refractivity contribution in [3.05, 3.63) is 64.7 Å². The summed E-state index contributed by atoms with van der Waals surface area (Å²) in [6, 6.07) is 16.1. The highest BCUT2D eigenvalue weighted by Crippen LogP contribution is 2.23. The summed E-state index contributed by atoms with van der Waals surface area (Å²) >= 11 is 6.00. The number of halogens is 1. The monoisotopic (exact) mass is 275 g/mol. The third kappa shape index (κ3) is 4.27. The highest BCUT2D eigenvalue weighted by Gasteiger charge is 2.04. The van der Waals surface area contributed by atoms with E-state index < -0.39 is 0 Å². The Morgan fingerprint density at radius 3 is 2.63 bits per heavy atom. The number of hydrogen-bond acceptors (Lipinski definition) is 2. The molecule has 0 amide bonds. The largest absolute Gasteiger partial charge is 0.493 e. The summed E-state index contributed by atoms with van der Waals surface area (Å²) < 4.78 is 5.85. The average Bonchev–Trinajstić information content (AvgIpc) is 2.43. The van der Waals surface area contributed by atoms with Crippen LogP contribution < -0.4 is 10.1 Å². The van der Waals surface area contributed by atoms with E-state index in [0.29, 0.717) is 6.61 Å². The van der Waals surface area contributed by atoms with Crippen molar-refractivity contribution in [1.29, 1.82) is 0 Å². The van der Waals surface area contributed by atoms with Crippen LogP contribution in [0.3, 0.4) is 0 Å². The van der Waals surface area contributed by atoms with Crippen LogP contribution in [0.2, 0.25) is 5.02 Å². The summed E-state index contributed by atoms with van der Waals surface area (Å²) in [6.07, 6.45) is 0.905. The molecule has 0 bridgehead atoms. The molecule has 0 spiro atoms. The minimum Gasteiger partial charge on any atom is -0.493 e. The molecule has 0 saturated heterocycles. The fourth-order valence-electron chi connectivity index (χ4n) is 1.94. The van der Waals surface area contributed by atoms with Gasteiger partial charge in [0.1, 0.15) is 5.75 Å². The van der Waals surface area contributed by atoms with Crippen molar-refractivity contribution in [2.45, 2.75) is 13.0 Å². The summed E-state index contributed by atoms with van der Waals surface area (Å²) in [7, 11) is 1.91. The second-order valence-corrected chi connectivity index (χ2v) is 4.80. The van der Waals surface area contributed by atoms with E-state index in [0.717, 1.165) is 29.3 Å². The Morgan fingerprint density at radius 1 is 1.11 bits per heavy atom. The maximum absolute atomic E-state index is 6.00. The molecule has 0 aromatic heterocycles. The van der Waals surface area contributed by atoms with E-state index in [1.165, 1.54) is 5.56 Å². The lowest BCUT2D eigenvalue weighted by Gasteiger charge is -2.11. The van der Waals surface area contributed by atoms with Gasteiger partial charge in [-0.25, -0.2) is 0 Å². The Bertz CT molecular complexity index is 513. The molecular weight excluding hydrogens is 258 g/mol. The van der Waals surface area contributed by atoms with Gasteiger partial charge in [0.15, 0.2) is 0 Å². The maximum atomic E-state index is 6.00. The second-order valence-electron chi connectivity index (χ2n) is 4.37. The zero-order valence-corrected chi connectivity index (χ0v) is 11.8. The molecule has 2 aromatic rings. The van der Waals surface area contributed by atoms with E-state index in [-0.39, 0.29) is 0 Å². The first kappa shape index (κ1) is 13.9. The fourth-order valence-corrected chi connectivity index (χ4v) is 2.14. The standard InChI is InChI=1S/C16H18ClNO/c1-18-12-14-11-15(17)7-8-16(14)19-10-9-13-5-3-2-4-6-13/h2-8,11,18H,9-10,12H2,1H3. The summed E-state index contributed by atoms with van der Waals surface area (Å²) in [5.74, 6) is 0.898. The topological polar surface area (TPSA) is 21.3 Å². The Morgan fingerprint density at radius 2 is 1.89 bits per heavy atom. The predicted molar refractivity (Wildman–Crippen MR) is 79.9 cm³/mol. The molecule has 19 heavy (non-hydrogen) atoms. The van der Waals surface area contributed by atoms with Crippen LogP contribution in [0.15, 0.2) is 48.5 Å². The molecule has 0 fully saturated rings. The molecule has 0 aliphatic carbocycles. The molecule has 100 valence electrons. The van der Waals surface area contributed by atoms with E-state index in [9.17, 15) is 0 Å². The maximum Gasteiger partial charge on any atom is 0.123 e. The highest BCUT2D eigenvalue weighted by atomic mass is 35.5. The SMILES string of the molecule is CNCc1cc(Cl)ccc1OCCc1ccccc1. The number of benzene rings is 2. The van der Waals surface area contributed by atoms with Gasteiger partial charge in [0.25, 0.3) is 0 Å². The molecule has 2 rings (SSSR count). The van der Waals surface area contributed by atoms with Crippen LogP contribution in [0, 0.1) is 0 Å². The van der Waals surface area contributed by atoms with Crippen molar-refractivity contribution in [3.63, 3.8) is 0 Å². The normalized spacial score (nSPS) is 10.4. The minimum atomic E-state index is 0.669.